The Labute approximate surface area is 248 Å². The molecule has 4 heteroatoms. The van der Waals surface area contributed by atoms with Crippen molar-refractivity contribution in [2.24, 2.45) is 0 Å². The van der Waals surface area contributed by atoms with Crippen LogP contribution < -0.4 is 4.74 Å². The summed E-state index contributed by atoms with van der Waals surface area (Å²) in [6.45, 7) is 16.7. The van der Waals surface area contributed by atoms with Crippen molar-refractivity contribution in [1.29, 1.82) is 0 Å². The second-order valence-corrected chi connectivity index (χ2v) is 11.5. The van der Waals surface area contributed by atoms with Crippen LogP contribution >= 0.6 is 11.8 Å². The van der Waals surface area contributed by atoms with E-state index in [1.807, 2.05) is 48.2 Å². The molecule has 0 spiro atoms. The summed E-state index contributed by atoms with van der Waals surface area (Å²) < 4.78 is 5.84. The van der Waals surface area contributed by atoms with Crippen LogP contribution in [0.15, 0.2) is 94.4 Å². The van der Waals surface area contributed by atoms with Crippen molar-refractivity contribution in [3.8, 4) is 5.75 Å². The van der Waals surface area contributed by atoms with E-state index in [-0.39, 0.29) is 5.78 Å². The molecule has 0 aliphatic rings. The Morgan fingerprint density at radius 1 is 0.850 bits per heavy atom. The van der Waals surface area contributed by atoms with Gasteiger partial charge in [0.25, 0.3) is 0 Å². The lowest BCUT2D eigenvalue weighted by Crippen LogP contribution is -2.27. The number of thioether (sulfide) groups is 1. The maximum absolute atomic E-state index is 12.8. The molecule has 0 aromatic heterocycles. The molecule has 3 nitrogen and oxygen atoms in total. The van der Waals surface area contributed by atoms with Crippen LogP contribution in [0.5, 0.6) is 5.75 Å². The van der Waals surface area contributed by atoms with Gasteiger partial charge >= 0.3 is 0 Å². The Morgan fingerprint density at radius 3 is 2.17 bits per heavy atom. The molecular formula is C36H49NO2S. The summed E-state index contributed by atoms with van der Waals surface area (Å²) in [6.07, 6.45) is 15.1. The molecule has 0 amide bonds. The minimum Gasteiger partial charge on any atom is -0.492 e. The fraction of sp³-hybridized carbons (Fsp3) is 0.417. The van der Waals surface area contributed by atoms with Crippen LogP contribution in [-0.4, -0.2) is 42.7 Å². The van der Waals surface area contributed by atoms with E-state index in [9.17, 15) is 4.79 Å². The van der Waals surface area contributed by atoms with Gasteiger partial charge in [0, 0.05) is 22.8 Å². The summed E-state index contributed by atoms with van der Waals surface area (Å²) in [6, 6.07) is 15.7. The summed E-state index contributed by atoms with van der Waals surface area (Å²) >= 11 is 1.81. The lowest BCUT2D eigenvalue weighted by molar-refractivity contribution is 0.104. The molecule has 0 bridgehead atoms. The standard InChI is InChI=1S/C36H49NO2S/c1-7-37(8-2)26-27-39-34-22-19-32(20-23-34)35(38)24-21-33-17-9-10-18-36(33)40-28-25-31(6)16-12-15-30(5)14-11-13-29(3)4/h9-10,13,15,17-25H,7-8,11-12,14,16,26-28H2,1-6H3/b24-21+,30-15?,31-25?. The van der Waals surface area contributed by atoms with Gasteiger partial charge < -0.3 is 9.64 Å². The number of hydrogen-bond donors (Lipinski definition) is 0. The molecule has 2 rings (SSSR count). The van der Waals surface area contributed by atoms with Crippen molar-refractivity contribution >= 4 is 23.6 Å². The van der Waals surface area contributed by atoms with Crippen LogP contribution in [0.4, 0.5) is 0 Å². The molecule has 216 valence electrons. The Kier molecular flexibility index (Phi) is 16.1. The first kappa shape index (κ1) is 33.4. The molecule has 0 aliphatic carbocycles. The van der Waals surface area contributed by atoms with E-state index in [2.05, 4.69) is 82.9 Å². The maximum Gasteiger partial charge on any atom is 0.185 e. The Morgan fingerprint density at radius 2 is 1.50 bits per heavy atom. The van der Waals surface area contributed by atoms with Crippen LogP contribution in [0.3, 0.4) is 0 Å². The van der Waals surface area contributed by atoms with Crippen molar-refractivity contribution in [3.05, 3.63) is 101 Å². The van der Waals surface area contributed by atoms with E-state index < -0.39 is 0 Å². The monoisotopic (exact) mass is 559 g/mol. The van der Waals surface area contributed by atoms with Crippen molar-refractivity contribution in [1.82, 2.24) is 4.90 Å². The number of ether oxygens (including phenoxy) is 1. The van der Waals surface area contributed by atoms with E-state index in [0.29, 0.717) is 12.2 Å². The lowest BCUT2D eigenvalue weighted by atomic mass is 10.1. The second-order valence-electron chi connectivity index (χ2n) is 10.4. The predicted octanol–water partition coefficient (Wildman–Crippen LogP) is 9.81. The minimum atomic E-state index is -0.00515. The van der Waals surface area contributed by atoms with Gasteiger partial charge in [0.2, 0.25) is 0 Å². The predicted molar refractivity (Wildman–Crippen MR) is 176 cm³/mol. The molecule has 0 fully saturated rings. The molecule has 0 saturated heterocycles. The zero-order chi connectivity index (χ0) is 29.2. The molecule has 0 saturated carbocycles. The molecule has 0 heterocycles. The van der Waals surface area contributed by atoms with Gasteiger partial charge in [-0.15, -0.1) is 11.8 Å². The maximum atomic E-state index is 12.8. The zero-order valence-electron chi connectivity index (χ0n) is 25.5. The van der Waals surface area contributed by atoms with E-state index in [0.717, 1.165) is 62.4 Å². The van der Waals surface area contributed by atoms with Crippen molar-refractivity contribution < 1.29 is 9.53 Å². The van der Waals surface area contributed by atoms with E-state index in [1.165, 1.54) is 21.6 Å². The van der Waals surface area contributed by atoms with Gasteiger partial charge in [0.05, 0.1) is 0 Å². The van der Waals surface area contributed by atoms with Crippen LogP contribution in [0.1, 0.15) is 83.1 Å². The van der Waals surface area contributed by atoms with Gasteiger partial charge in [-0.25, -0.2) is 0 Å². The third-order valence-corrected chi connectivity index (χ3v) is 7.85. The van der Waals surface area contributed by atoms with Crippen LogP contribution in [0, 0.1) is 0 Å². The highest BCUT2D eigenvalue weighted by molar-refractivity contribution is 7.99. The van der Waals surface area contributed by atoms with Gasteiger partial charge in [0.1, 0.15) is 12.4 Å². The normalized spacial score (nSPS) is 12.3. The highest BCUT2D eigenvalue weighted by atomic mass is 32.2. The molecule has 0 unspecified atom stereocenters. The number of carbonyl (C=O) groups is 1. The SMILES string of the molecule is CCN(CC)CCOc1ccc(C(=O)/C=C/c2ccccc2SCC=C(C)CCC=C(C)CCC=C(C)C)cc1. The molecule has 2 aromatic carbocycles. The molecule has 2 aromatic rings. The second kappa shape index (κ2) is 19.3. The average molecular weight is 560 g/mol. The number of allylic oxidation sites excluding steroid dienone is 6. The first-order valence-electron chi connectivity index (χ1n) is 14.7. The molecule has 0 N–H and O–H groups in total. The van der Waals surface area contributed by atoms with E-state index in [1.54, 1.807) is 6.08 Å². The van der Waals surface area contributed by atoms with Crippen LogP contribution in [-0.2, 0) is 0 Å². The van der Waals surface area contributed by atoms with E-state index >= 15 is 0 Å². The fourth-order valence-corrected chi connectivity index (χ4v) is 5.20. The highest BCUT2D eigenvalue weighted by Crippen LogP contribution is 2.25. The Balaban J connectivity index is 1.85. The topological polar surface area (TPSA) is 29.5 Å². The van der Waals surface area contributed by atoms with Gasteiger partial charge in [-0.2, -0.15) is 0 Å². The smallest absolute Gasteiger partial charge is 0.185 e. The third kappa shape index (κ3) is 13.5. The quantitative estimate of drug-likeness (QED) is 0.0787. The number of ketones is 1. The Bertz CT molecular complexity index is 1150. The molecule has 0 aliphatic heterocycles. The number of nitrogens with zero attached hydrogens (tertiary/aromatic N) is 1. The Hall–Kier alpha value is -2.82. The number of likely N-dealkylation sites (N-methyl/N-ethyl adjacent to an activating group) is 1. The number of carbonyl (C=O) groups excluding carboxylic acids is 1. The molecular weight excluding hydrogens is 510 g/mol. The molecule has 0 radical (unpaired) electrons. The number of hydrogen-bond acceptors (Lipinski definition) is 4. The molecule has 40 heavy (non-hydrogen) atoms. The summed E-state index contributed by atoms with van der Waals surface area (Å²) in [5.74, 6) is 1.71. The fourth-order valence-electron chi connectivity index (χ4n) is 4.17. The third-order valence-electron chi connectivity index (χ3n) is 6.84. The summed E-state index contributed by atoms with van der Waals surface area (Å²) in [5.41, 5.74) is 6.02. The summed E-state index contributed by atoms with van der Waals surface area (Å²) in [5, 5.41) is 0. The zero-order valence-corrected chi connectivity index (χ0v) is 26.4. The number of rotatable bonds is 18. The average Bonchev–Trinajstić information content (AvgIpc) is 2.95. The first-order chi connectivity index (χ1) is 19.3. The van der Waals surface area contributed by atoms with Crippen molar-refractivity contribution in [2.75, 3.05) is 32.0 Å². The minimum absolute atomic E-state index is 0.00515. The van der Waals surface area contributed by atoms with Gasteiger partial charge in [-0.3, -0.25) is 4.79 Å². The van der Waals surface area contributed by atoms with Crippen molar-refractivity contribution in [2.45, 2.75) is 72.1 Å². The molecule has 0 atom stereocenters. The number of benzene rings is 2. The largest absolute Gasteiger partial charge is 0.492 e. The highest BCUT2D eigenvalue weighted by Gasteiger charge is 2.05. The van der Waals surface area contributed by atoms with Crippen LogP contribution in [0.2, 0.25) is 0 Å². The van der Waals surface area contributed by atoms with Crippen molar-refractivity contribution in [3.63, 3.8) is 0 Å². The first-order valence-corrected chi connectivity index (χ1v) is 15.6. The summed E-state index contributed by atoms with van der Waals surface area (Å²) in [7, 11) is 0. The lowest BCUT2D eigenvalue weighted by Gasteiger charge is -2.18. The van der Waals surface area contributed by atoms with Gasteiger partial charge in [-0.05, 0) is 115 Å². The summed E-state index contributed by atoms with van der Waals surface area (Å²) in [4.78, 5) is 16.3. The van der Waals surface area contributed by atoms with Crippen LogP contribution in [0.25, 0.3) is 6.08 Å². The van der Waals surface area contributed by atoms with Gasteiger partial charge in [0.15, 0.2) is 5.78 Å². The van der Waals surface area contributed by atoms with Gasteiger partial charge in [-0.1, -0.05) is 67.0 Å². The van der Waals surface area contributed by atoms with E-state index in [4.69, 9.17) is 4.74 Å².